The van der Waals surface area contributed by atoms with Gasteiger partial charge in [0.15, 0.2) is 0 Å². The minimum absolute atomic E-state index is 0.0999. The fourth-order valence-electron chi connectivity index (χ4n) is 1.18. The molecule has 0 N–H and O–H groups in total. The summed E-state index contributed by atoms with van der Waals surface area (Å²) < 4.78 is 35.4. The molecule has 0 aliphatic heterocycles. The molecule has 0 aliphatic rings. The maximum Gasteiger partial charge on any atom is 0.361 e. The van der Waals surface area contributed by atoms with Gasteiger partial charge in [-0.2, -0.15) is 0 Å². The number of hydrogen-bond acceptors (Lipinski definition) is 3. The lowest BCUT2D eigenvalue weighted by Gasteiger charge is -2.17. The number of rotatable bonds is 5. The van der Waals surface area contributed by atoms with Crippen LogP contribution >= 0.6 is 19.2 Å². The van der Waals surface area contributed by atoms with Crippen molar-refractivity contribution in [3.8, 4) is 0 Å². The third kappa shape index (κ3) is 3.05. The van der Waals surface area contributed by atoms with E-state index in [2.05, 4.69) is 0 Å². The summed E-state index contributed by atoms with van der Waals surface area (Å²) in [6, 6.07) is 3.76. The highest BCUT2D eigenvalue weighted by Crippen LogP contribution is 2.47. The Labute approximate surface area is 99.1 Å². The van der Waals surface area contributed by atoms with Crippen LogP contribution in [0, 0.1) is 5.82 Å². The van der Waals surface area contributed by atoms with Gasteiger partial charge in [-0.15, -0.1) is 0 Å². The Bertz CT molecular complexity index is 401. The molecule has 0 spiro atoms. The first kappa shape index (κ1) is 13.7. The molecule has 16 heavy (non-hydrogen) atoms. The molecule has 0 atom stereocenters. The van der Waals surface area contributed by atoms with Crippen LogP contribution in [0.5, 0.6) is 0 Å². The predicted molar refractivity (Wildman–Crippen MR) is 61.9 cm³/mol. The molecule has 0 aliphatic carbocycles. The first-order chi connectivity index (χ1) is 7.53. The molecule has 1 aromatic rings. The zero-order valence-electron chi connectivity index (χ0n) is 9.07. The number of benzene rings is 1. The zero-order chi connectivity index (χ0) is 12.2. The third-order valence-corrected chi connectivity index (χ3v) is 4.21. The number of hydrogen-bond donors (Lipinski definition) is 0. The summed E-state index contributed by atoms with van der Waals surface area (Å²) in [7, 11) is -3.37. The molecule has 0 saturated heterocycles. The van der Waals surface area contributed by atoms with Crippen molar-refractivity contribution >= 4 is 24.5 Å². The maximum atomic E-state index is 13.0. The summed E-state index contributed by atoms with van der Waals surface area (Å²) in [6.45, 7) is 3.89. The fourth-order valence-corrected chi connectivity index (χ4v) is 3.04. The van der Waals surface area contributed by atoms with E-state index in [1.54, 1.807) is 13.8 Å². The van der Waals surface area contributed by atoms with Crippen LogP contribution in [-0.4, -0.2) is 13.2 Å². The van der Waals surface area contributed by atoms with Gasteiger partial charge in [0.25, 0.3) is 0 Å². The van der Waals surface area contributed by atoms with Crippen LogP contribution in [0.25, 0.3) is 0 Å². The van der Waals surface area contributed by atoms with Crippen LogP contribution in [0.4, 0.5) is 4.39 Å². The largest absolute Gasteiger partial charge is 0.361 e. The minimum atomic E-state index is -3.37. The van der Waals surface area contributed by atoms with Gasteiger partial charge in [0.1, 0.15) is 5.82 Å². The van der Waals surface area contributed by atoms with E-state index in [1.807, 2.05) is 0 Å². The Hall–Kier alpha value is -0.410. The fraction of sp³-hybridized carbons (Fsp3) is 0.400. The molecule has 1 rings (SSSR count). The summed E-state index contributed by atoms with van der Waals surface area (Å²) in [5, 5.41) is 0.166. The van der Waals surface area contributed by atoms with Gasteiger partial charge in [-0.25, -0.2) is 4.39 Å². The molecule has 0 fully saturated rings. The van der Waals surface area contributed by atoms with Crippen LogP contribution < -0.4 is 5.30 Å². The maximum absolute atomic E-state index is 13.0. The topological polar surface area (TPSA) is 35.5 Å². The predicted octanol–water partition coefficient (Wildman–Crippen LogP) is 3.37. The van der Waals surface area contributed by atoms with Crippen molar-refractivity contribution in [1.82, 2.24) is 0 Å². The Kier molecular flexibility index (Phi) is 4.93. The second kappa shape index (κ2) is 5.78. The lowest BCUT2D eigenvalue weighted by Crippen LogP contribution is -2.11. The van der Waals surface area contributed by atoms with E-state index in [4.69, 9.17) is 20.6 Å². The van der Waals surface area contributed by atoms with Gasteiger partial charge in [-0.05, 0) is 32.0 Å². The zero-order valence-corrected chi connectivity index (χ0v) is 10.7. The van der Waals surface area contributed by atoms with E-state index in [0.717, 1.165) is 6.07 Å². The van der Waals surface area contributed by atoms with E-state index < -0.39 is 13.4 Å². The van der Waals surface area contributed by atoms with Crippen molar-refractivity contribution in [2.75, 3.05) is 13.2 Å². The van der Waals surface area contributed by atoms with Gasteiger partial charge in [-0.1, -0.05) is 11.6 Å². The van der Waals surface area contributed by atoms with Crippen molar-refractivity contribution in [2.24, 2.45) is 0 Å². The summed E-state index contributed by atoms with van der Waals surface area (Å²) >= 11 is 5.61. The standard InChI is InChI=1S/C10H13ClFO3P/c1-3-14-16(13,15-4-2)8-5-6-10(12)9(11)7-8/h5-7H,3-4H2,1-2H3. The first-order valence-corrected chi connectivity index (χ1v) is 6.80. The Morgan fingerprint density at radius 2 is 1.88 bits per heavy atom. The Morgan fingerprint density at radius 3 is 2.31 bits per heavy atom. The molecule has 0 heterocycles. The molecule has 0 radical (unpaired) electrons. The molecule has 0 aromatic heterocycles. The molecular weight excluding hydrogens is 254 g/mol. The molecule has 0 bridgehead atoms. The van der Waals surface area contributed by atoms with Gasteiger partial charge >= 0.3 is 7.60 Å². The SMILES string of the molecule is CCOP(=O)(OCC)c1ccc(F)c(Cl)c1. The highest BCUT2D eigenvalue weighted by atomic mass is 35.5. The minimum Gasteiger partial charge on any atom is -0.305 e. The normalized spacial score (nSPS) is 11.8. The molecule has 6 heteroatoms. The summed E-state index contributed by atoms with van der Waals surface area (Å²) in [6.07, 6.45) is 0. The quantitative estimate of drug-likeness (QED) is 0.767. The van der Waals surface area contributed by atoms with E-state index in [0.29, 0.717) is 0 Å². The summed E-state index contributed by atoms with van der Waals surface area (Å²) in [5.41, 5.74) is 0. The lowest BCUT2D eigenvalue weighted by atomic mass is 10.3. The Balaban J connectivity index is 3.11. The van der Waals surface area contributed by atoms with Crippen molar-refractivity contribution in [3.63, 3.8) is 0 Å². The van der Waals surface area contributed by atoms with Crippen molar-refractivity contribution in [3.05, 3.63) is 29.0 Å². The molecule has 3 nitrogen and oxygen atoms in total. The molecule has 0 unspecified atom stereocenters. The molecular formula is C10H13ClFO3P. The second-order valence-corrected chi connectivity index (χ2v) is 5.37. The Morgan fingerprint density at radius 1 is 1.31 bits per heavy atom. The van der Waals surface area contributed by atoms with Crippen molar-refractivity contribution < 1.29 is 18.0 Å². The average molecular weight is 267 g/mol. The molecule has 90 valence electrons. The molecule has 0 saturated carbocycles. The van der Waals surface area contributed by atoms with E-state index in [9.17, 15) is 8.96 Å². The molecule has 0 amide bonds. The van der Waals surface area contributed by atoms with Gasteiger partial charge in [-0.3, -0.25) is 4.57 Å². The number of halogens is 2. The monoisotopic (exact) mass is 266 g/mol. The van der Waals surface area contributed by atoms with Crippen LogP contribution in [0.1, 0.15) is 13.8 Å². The summed E-state index contributed by atoms with van der Waals surface area (Å²) in [4.78, 5) is 0. The lowest BCUT2D eigenvalue weighted by molar-refractivity contribution is 0.230. The third-order valence-electron chi connectivity index (χ3n) is 1.82. The van der Waals surface area contributed by atoms with Gasteiger partial charge < -0.3 is 9.05 Å². The van der Waals surface area contributed by atoms with Crippen LogP contribution in [0.2, 0.25) is 5.02 Å². The first-order valence-electron chi connectivity index (χ1n) is 4.88. The second-order valence-electron chi connectivity index (χ2n) is 2.93. The highest BCUT2D eigenvalue weighted by Gasteiger charge is 2.27. The summed E-state index contributed by atoms with van der Waals surface area (Å²) in [5.74, 6) is -0.565. The van der Waals surface area contributed by atoms with Crippen molar-refractivity contribution in [2.45, 2.75) is 13.8 Å². The van der Waals surface area contributed by atoms with Crippen molar-refractivity contribution in [1.29, 1.82) is 0 Å². The van der Waals surface area contributed by atoms with Gasteiger partial charge in [0, 0.05) is 0 Å². The van der Waals surface area contributed by atoms with Crippen LogP contribution in [-0.2, 0) is 13.6 Å². The average Bonchev–Trinajstić information content (AvgIpc) is 2.22. The highest BCUT2D eigenvalue weighted by molar-refractivity contribution is 7.62. The molecule has 1 aromatic carbocycles. The smallest absolute Gasteiger partial charge is 0.305 e. The van der Waals surface area contributed by atoms with E-state index >= 15 is 0 Å². The van der Waals surface area contributed by atoms with Crippen LogP contribution in [0.3, 0.4) is 0 Å². The van der Waals surface area contributed by atoms with Gasteiger partial charge in [0.05, 0.1) is 23.5 Å². The van der Waals surface area contributed by atoms with E-state index in [-0.39, 0.29) is 23.5 Å². The van der Waals surface area contributed by atoms with E-state index in [1.165, 1.54) is 12.1 Å². The van der Waals surface area contributed by atoms with Gasteiger partial charge in [0.2, 0.25) is 0 Å². The van der Waals surface area contributed by atoms with Crippen LogP contribution in [0.15, 0.2) is 18.2 Å².